The number of fused-ring (bicyclic) bond motifs is 1. The molecule has 0 fully saturated rings. The van der Waals surface area contributed by atoms with Crippen LogP contribution >= 0.6 is 0 Å². The van der Waals surface area contributed by atoms with Crippen molar-refractivity contribution < 1.29 is 4.74 Å². The van der Waals surface area contributed by atoms with Crippen LogP contribution in [-0.4, -0.2) is 18.2 Å². The van der Waals surface area contributed by atoms with Crippen molar-refractivity contribution in [2.75, 3.05) is 7.11 Å². The van der Waals surface area contributed by atoms with Gasteiger partial charge in [0.25, 0.3) is 0 Å². The molecular weight excluding hydrogens is 150 g/mol. The largest absolute Gasteiger partial charge is 0.381 e. The SMILES string of the molecule is CO[C@@H]1CCc2ncccc2C1. The molecule has 0 saturated heterocycles. The third-order valence-electron chi connectivity index (χ3n) is 2.47. The molecule has 2 nitrogen and oxygen atoms in total. The zero-order valence-corrected chi connectivity index (χ0v) is 7.29. The Morgan fingerprint density at radius 1 is 1.58 bits per heavy atom. The summed E-state index contributed by atoms with van der Waals surface area (Å²) >= 11 is 0. The van der Waals surface area contributed by atoms with Crippen LogP contribution in [0.1, 0.15) is 17.7 Å². The minimum absolute atomic E-state index is 0.404. The van der Waals surface area contributed by atoms with E-state index in [0.29, 0.717) is 6.10 Å². The fraction of sp³-hybridized carbons (Fsp3) is 0.500. The number of aromatic nitrogens is 1. The number of methoxy groups -OCH3 is 1. The highest BCUT2D eigenvalue weighted by atomic mass is 16.5. The summed E-state index contributed by atoms with van der Waals surface area (Å²) in [5.41, 5.74) is 2.61. The highest BCUT2D eigenvalue weighted by Gasteiger charge is 2.17. The molecule has 0 spiro atoms. The third-order valence-corrected chi connectivity index (χ3v) is 2.47. The Morgan fingerprint density at radius 3 is 3.33 bits per heavy atom. The first-order valence-electron chi connectivity index (χ1n) is 4.35. The second-order valence-corrected chi connectivity index (χ2v) is 3.21. The van der Waals surface area contributed by atoms with Crippen molar-refractivity contribution in [3.8, 4) is 0 Å². The molecule has 1 atom stereocenters. The molecule has 2 rings (SSSR count). The fourth-order valence-corrected chi connectivity index (χ4v) is 1.73. The maximum atomic E-state index is 5.32. The van der Waals surface area contributed by atoms with E-state index in [2.05, 4.69) is 11.1 Å². The van der Waals surface area contributed by atoms with E-state index >= 15 is 0 Å². The molecule has 1 heterocycles. The average molecular weight is 163 g/mol. The standard InChI is InChI=1S/C10H13NO/c1-12-9-4-5-10-8(7-9)3-2-6-11-10/h2-3,6,9H,4-5,7H2,1H3/t9-/m1/s1. The molecule has 2 heteroatoms. The third kappa shape index (κ3) is 1.34. The second kappa shape index (κ2) is 3.23. The van der Waals surface area contributed by atoms with E-state index in [0.717, 1.165) is 19.3 Å². The van der Waals surface area contributed by atoms with Crippen LogP contribution in [0.15, 0.2) is 18.3 Å². The first-order valence-corrected chi connectivity index (χ1v) is 4.35. The number of rotatable bonds is 1. The van der Waals surface area contributed by atoms with Gasteiger partial charge in [-0.2, -0.15) is 0 Å². The van der Waals surface area contributed by atoms with Crippen molar-refractivity contribution in [1.29, 1.82) is 0 Å². The zero-order valence-electron chi connectivity index (χ0n) is 7.29. The zero-order chi connectivity index (χ0) is 8.39. The summed E-state index contributed by atoms with van der Waals surface area (Å²) in [5.74, 6) is 0. The quantitative estimate of drug-likeness (QED) is 0.627. The van der Waals surface area contributed by atoms with Crippen LogP contribution in [0.5, 0.6) is 0 Å². The number of nitrogens with zero attached hydrogens (tertiary/aromatic N) is 1. The predicted octanol–water partition coefficient (Wildman–Crippen LogP) is 1.59. The van der Waals surface area contributed by atoms with Gasteiger partial charge in [-0.1, -0.05) is 6.07 Å². The minimum atomic E-state index is 0.404. The smallest absolute Gasteiger partial charge is 0.0616 e. The molecule has 0 aromatic carbocycles. The van der Waals surface area contributed by atoms with E-state index in [4.69, 9.17) is 4.74 Å². The molecule has 0 N–H and O–H groups in total. The maximum absolute atomic E-state index is 5.32. The van der Waals surface area contributed by atoms with Crippen LogP contribution in [0, 0.1) is 0 Å². The molecule has 12 heavy (non-hydrogen) atoms. The average Bonchev–Trinajstić information content (AvgIpc) is 2.17. The van der Waals surface area contributed by atoms with Gasteiger partial charge in [-0.25, -0.2) is 0 Å². The molecule has 0 radical (unpaired) electrons. The Hall–Kier alpha value is -0.890. The van der Waals surface area contributed by atoms with Crippen molar-refractivity contribution in [3.05, 3.63) is 29.6 Å². The number of aryl methyl sites for hydroxylation is 1. The van der Waals surface area contributed by atoms with Gasteiger partial charge in [-0.15, -0.1) is 0 Å². The summed E-state index contributed by atoms with van der Waals surface area (Å²) in [4.78, 5) is 4.33. The minimum Gasteiger partial charge on any atom is -0.381 e. The Kier molecular flexibility index (Phi) is 2.09. The summed E-state index contributed by atoms with van der Waals surface area (Å²) < 4.78 is 5.32. The molecule has 1 aromatic rings. The lowest BCUT2D eigenvalue weighted by Gasteiger charge is -2.22. The molecule has 0 bridgehead atoms. The lowest BCUT2D eigenvalue weighted by Crippen LogP contribution is -2.21. The first kappa shape index (κ1) is 7.74. The van der Waals surface area contributed by atoms with Crippen LogP contribution in [0.25, 0.3) is 0 Å². The maximum Gasteiger partial charge on any atom is 0.0616 e. The highest BCUT2D eigenvalue weighted by molar-refractivity contribution is 5.23. The molecule has 0 saturated carbocycles. The van der Waals surface area contributed by atoms with E-state index in [-0.39, 0.29) is 0 Å². The van der Waals surface area contributed by atoms with Gasteiger partial charge in [-0.3, -0.25) is 4.98 Å². The van der Waals surface area contributed by atoms with Crippen LogP contribution in [-0.2, 0) is 17.6 Å². The van der Waals surface area contributed by atoms with E-state index in [1.807, 2.05) is 12.3 Å². The molecule has 1 aliphatic carbocycles. The Labute approximate surface area is 72.6 Å². The summed E-state index contributed by atoms with van der Waals surface area (Å²) in [6.45, 7) is 0. The summed E-state index contributed by atoms with van der Waals surface area (Å²) in [6.07, 6.45) is 5.47. The van der Waals surface area contributed by atoms with Gasteiger partial charge in [0.1, 0.15) is 0 Å². The monoisotopic (exact) mass is 163 g/mol. The lowest BCUT2D eigenvalue weighted by atomic mass is 9.94. The van der Waals surface area contributed by atoms with E-state index in [9.17, 15) is 0 Å². The van der Waals surface area contributed by atoms with Gasteiger partial charge < -0.3 is 4.74 Å². The van der Waals surface area contributed by atoms with Gasteiger partial charge in [-0.05, 0) is 24.5 Å². The van der Waals surface area contributed by atoms with Crippen molar-refractivity contribution in [3.63, 3.8) is 0 Å². The highest BCUT2D eigenvalue weighted by Crippen LogP contribution is 2.20. The van der Waals surface area contributed by atoms with E-state index < -0.39 is 0 Å². The van der Waals surface area contributed by atoms with Gasteiger partial charge in [0.05, 0.1) is 6.10 Å². The van der Waals surface area contributed by atoms with Crippen molar-refractivity contribution >= 4 is 0 Å². The molecular formula is C10H13NO. The van der Waals surface area contributed by atoms with Crippen molar-refractivity contribution in [1.82, 2.24) is 4.98 Å². The van der Waals surface area contributed by atoms with Gasteiger partial charge in [0, 0.05) is 25.4 Å². The molecule has 1 aromatic heterocycles. The summed E-state index contributed by atoms with van der Waals surface area (Å²) in [6, 6.07) is 4.14. The lowest BCUT2D eigenvalue weighted by molar-refractivity contribution is 0.0905. The predicted molar refractivity (Wildman–Crippen MR) is 47.1 cm³/mol. The molecule has 1 aliphatic rings. The molecule has 64 valence electrons. The van der Waals surface area contributed by atoms with E-state index in [1.54, 1.807) is 7.11 Å². The number of hydrogen-bond donors (Lipinski definition) is 0. The molecule has 0 amide bonds. The van der Waals surface area contributed by atoms with Crippen molar-refractivity contribution in [2.24, 2.45) is 0 Å². The number of ether oxygens (including phenoxy) is 1. The first-order chi connectivity index (χ1) is 5.90. The van der Waals surface area contributed by atoms with Crippen LogP contribution in [0.3, 0.4) is 0 Å². The Bertz CT molecular complexity index is 272. The summed E-state index contributed by atoms with van der Waals surface area (Å²) in [5, 5.41) is 0. The molecule has 0 aliphatic heterocycles. The van der Waals surface area contributed by atoms with Crippen LogP contribution in [0.4, 0.5) is 0 Å². The van der Waals surface area contributed by atoms with Gasteiger partial charge >= 0.3 is 0 Å². The normalized spacial score (nSPS) is 21.9. The summed E-state index contributed by atoms with van der Waals surface area (Å²) in [7, 11) is 1.78. The fourth-order valence-electron chi connectivity index (χ4n) is 1.73. The van der Waals surface area contributed by atoms with Crippen LogP contribution in [0.2, 0.25) is 0 Å². The Morgan fingerprint density at radius 2 is 2.50 bits per heavy atom. The van der Waals surface area contributed by atoms with Crippen molar-refractivity contribution in [2.45, 2.75) is 25.4 Å². The molecule has 0 unspecified atom stereocenters. The second-order valence-electron chi connectivity index (χ2n) is 3.21. The topological polar surface area (TPSA) is 22.1 Å². The number of hydrogen-bond acceptors (Lipinski definition) is 2. The van der Waals surface area contributed by atoms with Gasteiger partial charge in [0.2, 0.25) is 0 Å². The van der Waals surface area contributed by atoms with E-state index in [1.165, 1.54) is 11.3 Å². The van der Waals surface area contributed by atoms with Gasteiger partial charge in [0.15, 0.2) is 0 Å². The van der Waals surface area contributed by atoms with Crippen LogP contribution < -0.4 is 0 Å². The number of pyridine rings is 1. The Balaban J connectivity index is 2.23.